The van der Waals surface area contributed by atoms with Gasteiger partial charge in [-0.15, -0.1) is 0 Å². The first-order valence-corrected chi connectivity index (χ1v) is 5.47. The van der Waals surface area contributed by atoms with Crippen LogP contribution >= 0.6 is 0 Å². The smallest absolute Gasteiger partial charge is 0.376 e. The number of anilines is 1. The molecule has 1 amide bonds. The molecule has 4 nitrogen and oxygen atoms in total. The van der Waals surface area contributed by atoms with Crippen molar-refractivity contribution in [2.75, 3.05) is 18.4 Å². The van der Waals surface area contributed by atoms with Crippen LogP contribution in [0.15, 0.2) is 24.3 Å². The zero-order valence-corrected chi connectivity index (χ0v) is 10.2. The summed E-state index contributed by atoms with van der Waals surface area (Å²) in [7, 11) is 0. The lowest BCUT2D eigenvalue weighted by atomic mass is 10.1. The summed E-state index contributed by atoms with van der Waals surface area (Å²) in [6.07, 6.45) is -4.44. The maximum Gasteiger partial charge on any atom is 0.405 e. The first-order chi connectivity index (χ1) is 8.79. The van der Waals surface area contributed by atoms with Crippen LogP contribution < -0.4 is 10.6 Å². The molecule has 1 rings (SSSR count). The average molecular weight is 274 g/mol. The molecule has 0 saturated carbocycles. The number of nitrogens with one attached hydrogen (secondary N) is 2. The minimum absolute atomic E-state index is 0.196. The van der Waals surface area contributed by atoms with E-state index in [1.165, 1.54) is 6.92 Å². The van der Waals surface area contributed by atoms with Crippen LogP contribution in [-0.2, 0) is 4.79 Å². The molecule has 0 bridgehead atoms. The summed E-state index contributed by atoms with van der Waals surface area (Å²) in [4.78, 5) is 22.5. The van der Waals surface area contributed by atoms with Gasteiger partial charge in [-0.3, -0.25) is 9.59 Å². The second kappa shape index (κ2) is 6.21. The lowest BCUT2D eigenvalue weighted by molar-refractivity contribution is -0.137. The number of para-hydroxylation sites is 1. The zero-order valence-electron chi connectivity index (χ0n) is 10.2. The molecule has 0 aliphatic carbocycles. The van der Waals surface area contributed by atoms with Crippen molar-refractivity contribution in [3.63, 3.8) is 0 Å². The third-order valence-electron chi connectivity index (χ3n) is 2.23. The second-order valence-corrected chi connectivity index (χ2v) is 3.85. The van der Waals surface area contributed by atoms with Gasteiger partial charge in [0, 0.05) is 11.3 Å². The molecule has 19 heavy (non-hydrogen) atoms. The number of amides is 1. The third-order valence-corrected chi connectivity index (χ3v) is 2.23. The Morgan fingerprint density at radius 2 is 1.84 bits per heavy atom. The van der Waals surface area contributed by atoms with E-state index in [0.717, 1.165) is 0 Å². The van der Waals surface area contributed by atoms with Gasteiger partial charge in [-0.1, -0.05) is 12.1 Å². The van der Waals surface area contributed by atoms with Crippen molar-refractivity contribution in [2.45, 2.75) is 13.1 Å². The van der Waals surface area contributed by atoms with E-state index < -0.39 is 18.6 Å². The van der Waals surface area contributed by atoms with Gasteiger partial charge in [0.25, 0.3) is 0 Å². The van der Waals surface area contributed by atoms with Crippen molar-refractivity contribution in [3.8, 4) is 0 Å². The van der Waals surface area contributed by atoms with Crippen molar-refractivity contribution < 1.29 is 22.8 Å². The monoisotopic (exact) mass is 274 g/mol. The Balaban J connectivity index is 2.53. The SMILES string of the molecule is CC(=O)c1ccccc1NCC(=O)NCC(F)(F)F. The van der Waals surface area contributed by atoms with Gasteiger partial charge < -0.3 is 10.6 Å². The first kappa shape index (κ1) is 15.0. The summed E-state index contributed by atoms with van der Waals surface area (Å²) in [5.74, 6) is -0.991. The Kier molecular flexibility index (Phi) is 4.91. The number of carbonyl (C=O) groups excluding carboxylic acids is 2. The lowest BCUT2D eigenvalue weighted by Gasteiger charge is -2.11. The molecule has 0 radical (unpaired) electrons. The molecule has 0 heterocycles. The molecule has 0 unspecified atom stereocenters. The van der Waals surface area contributed by atoms with E-state index in [4.69, 9.17) is 0 Å². The van der Waals surface area contributed by atoms with Crippen molar-refractivity contribution >= 4 is 17.4 Å². The second-order valence-electron chi connectivity index (χ2n) is 3.85. The molecule has 2 N–H and O–H groups in total. The first-order valence-electron chi connectivity index (χ1n) is 5.47. The van der Waals surface area contributed by atoms with Crippen molar-refractivity contribution in [3.05, 3.63) is 29.8 Å². The number of hydrogen-bond acceptors (Lipinski definition) is 3. The quantitative estimate of drug-likeness (QED) is 0.807. The standard InChI is InChI=1S/C12H13F3N2O2/c1-8(18)9-4-2-3-5-10(9)16-6-11(19)17-7-12(13,14)15/h2-5,16H,6-7H2,1H3,(H,17,19). The molecule has 104 valence electrons. The molecule has 1 aromatic carbocycles. The number of alkyl halides is 3. The Hall–Kier alpha value is -2.05. The predicted octanol–water partition coefficient (Wildman–Crippen LogP) is 1.98. The molecule has 0 atom stereocenters. The maximum atomic E-state index is 11.9. The Morgan fingerprint density at radius 1 is 1.21 bits per heavy atom. The van der Waals surface area contributed by atoms with Gasteiger partial charge in [-0.25, -0.2) is 0 Å². The van der Waals surface area contributed by atoms with Crippen LogP contribution in [0.5, 0.6) is 0 Å². The normalized spacial score (nSPS) is 10.9. The molecule has 0 aliphatic rings. The van der Waals surface area contributed by atoms with E-state index >= 15 is 0 Å². The highest BCUT2D eigenvalue weighted by atomic mass is 19.4. The van der Waals surface area contributed by atoms with E-state index in [1.807, 2.05) is 0 Å². The fourth-order valence-corrected chi connectivity index (χ4v) is 1.38. The fraction of sp³-hybridized carbons (Fsp3) is 0.333. The largest absolute Gasteiger partial charge is 0.405 e. The number of Topliss-reactive ketones (excluding diaryl/α,β-unsaturated/α-hetero) is 1. The van der Waals surface area contributed by atoms with Gasteiger partial charge in [0.1, 0.15) is 6.54 Å². The van der Waals surface area contributed by atoms with Crippen molar-refractivity contribution in [1.29, 1.82) is 0 Å². The lowest BCUT2D eigenvalue weighted by Crippen LogP contribution is -2.37. The van der Waals surface area contributed by atoms with Gasteiger partial charge >= 0.3 is 6.18 Å². The van der Waals surface area contributed by atoms with Crippen LogP contribution in [0.25, 0.3) is 0 Å². The highest BCUT2D eigenvalue weighted by Crippen LogP contribution is 2.15. The van der Waals surface area contributed by atoms with E-state index in [1.54, 1.807) is 29.6 Å². The minimum Gasteiger partial charge on any atom is -0.376 e. The number of carbonyl (C=O) groups is 2. The Morgan fingerprint density at radius 3 is 2.42 bits per heavy atom. The van der Waals surface area contributed by atoms with E-state index in [0.29, 0.717) is 11.3 Å². The third kappa shape index (κ3) is 5.41. The zero-order chi connectivity index (χ0) is 14.5. The molecule has 1 aromatic rings. The topological polar surface area (TPSA) is 58.2 Å². The number of halogens is 3. The summed E-state index contributed by atoms with van der Waals surface area (Å²) in [5, 5.41) is 4.36. The van der Waals surface area contributed by atoms with Crippen LogP contribution in [0.1, 0.15) is 17.3 Å². The Bertz CT molecular complexity index is 472. The van der Waals surface area contributed by atoms with E-state index in [9.17, 15) is 22.8 Å². The van der Waals surface area contributed by atoms with Crippen LogP contribution in [0.2, 0.25) is 0 Å². The molecule has 0 fully saturated rings. The van der Waals surface area contributed by atoms with Crippen LogP contribution in [0.3, 0.4) is 0 Å². The molecular weight excluding hydrogens is 261 g/mol. The number of benzene rings is 1. The van der Waals surface area contributed by atoms with Crippen LogP contribution in [-0.4, -0.2) is 31.0 Å². The summed E-state index contributed by atoms with van der Waals surface area (Å²) in [5.41, 5.74) is 0.795. The minimum atomic E-state index is -4.44. The molecule has 0 aliphatic heterocycles. The highest BCUT2D eigenvalue weighted by molar-refractivity contribution is 6.00. The summed E-state index contributed by atoms with van der Waals surface area (Å²) in [6, 6.07) is 6.46. The molecular formula is C12H13F3N2O2. The number of ketones is 1. The van der Waals surface area contributed by atoms with Gasteiger partial charge in [0.05, 0.1) is 6.54 Å². The van der Waals surface area contributed by atoms with Crippen LogP contribution in [0.4, 0.5) is 18.9 Å². The van der Waals surface area contributed by atoms with Gasteiger partial charge in [-0.2, -0.15) is 13.2 Å². The van der Waals surface area contributed by atoms with Crippen molar-refractivity contribution in [2.24, 2.45) is 0 Å². The van der Waals surface area contributed by atoms with Gasteiger partial charge in [-0.05, 0) is 19.1 Å². The number of rotatable bonds is 5. The Labute approximate surface area is 108 Å². The summed E-state index contributed by atoms with van der Waals surface area (Å²) < 4.78 is 35.6. The molecule has 0 saturated heterocycles. The van der Waals surface area contributed by atoms with Gasteiger partial charge in [0.2, 0.25) is 5.91 Å². The summed E-state index contributed by atoms with van der Waals surface area (Å²) in [6.45, 7) is -0.341. The molecule has 0 aromatic heterocycles. The maximum absolute atomic E-state index is 11.9. The van der Waals surface area contributed by atoms with Gasteiger partial charge in [0.15, 0.2) is 5.78 Å². The van der Waals surface area contributed by atoms with Crippen LogP contribution in [0, 0.1) is 0 Å². The van der Waals surface area contributed by atoms with Crippen molar-refractivity contribution in [1.82, 2.24) is 5.32 Å². The van der Waals surface area contributed by atoms with E-state index in [2.05, 4.69) is 5.32 Å². The summed E-state index contributed by atoms with van der Waals surface area (Å²) >= 11 is 0. The fourth-order valence-electron chi connectivity index (χ4n) is 1.38. The average Bonchev–Trinajstić information content (AvgIpc) is 2.33. The van der Waals surface area contributed by atoms with E-state index in [-0.39, 0.29) is 12.3 Å². The molecule has 7 heteroatoms. The number of hydrogen-bond donors (Lipinski definition) is 2. The highest BCUT2D eigenvalue weighted by Gasteiger charge is 2.27. The molecule has 0 spiro atoms. The predicted molar refractivity (Wildman–Crippen MR) is 64.0 cm³/mol.